The molecule has 2 aromatic heterocycles. The molecule has 0 N–H and O–H groups in total. The number of nitrogens with zero attached hydrogens (tertiary/aromatic N) is 5. The number of hydrogen-bond donors (Lipinski definition) is 0. The zero-order valence-corrected chi connectivity index (χ0v) is 12.8. The minimum Gasteiger partial charge on any atom is -0.228 e. The normalized spacial score (nSPS) is 12.8. The topological polar surface area (TPSA) is 90.6 Å². The molecule has 0 aliphatic heterocycles. The second-order valence-electron chi connectivity index (χ2n) is 4.86. The van der Waals surface area contributed by atoms with Crippen molar-refractivity contribution in [1.82, 2.24) is 24.6 Å². The third kappa shape index (κ3) is 2.81. The zero-order valence-electron chi connectivity index (χ0n) is 11.2. The van der Waals surface area contributed by atoms with E-state index in [-0.39, 0.29) is 5.82 Å². The highest BCUT2D eigenvalue weighted by Gasteiger charge is 2.37. The number of hydrogen-bond acceptors (Lipinski definition) is 7. The van der Waals surface area contributed by atoms with Crippen LogP contribution in [0.25, 0.3) is 0 Å². The van der Waals surface area contributed by atoms with Gasteiger partial charge in [0, 0.05) is 11.1 Å². The van der Waals surface area contributed by atoms with Gasteiger partial charge in [-0.3, -0.25) is 0 Å². The van der Waals surface area contributed by atoms with Crippen molar-refractivity contribution in [2.45, 2.75) is 32.1 Å². The third-order valence-corrected chi connectivity index (χ3v) is 5.79. The summed E-state index contributed by atoms with van der Waals surface area (Å²) in [6, 6.07) is 1.94. The Labute approximate surface area is 115 Å². The Morgan fingerprint density at radius 1 is 1.42 bits per heavy atom. The molecular weight excluding hydrogens is 286 g/mol. The van der Waals surface area contributed by atoms with E-state index in [1.165, 1.54) is 22.6 Å². The Balaban J connectivity index is 2.25. The standard InChI is InChI=1S/C10H15N5O2S2/c1-7-5-8(18-13-7)6-15-12-9(11-14-15)10(2,3)19(4,16)17/h5H,6H2,1-4H3. The average molecular weight is 301 g/mol. The van der Waals surface area contributed by atoms with Gasteiger partial charge in [0.2, 0.25) is 0 Å². The molecule has 2 heterocycles. The molecule has 0 atom stereocenters. The summed E-state index contributed by atoms with van der Waals surface area (Å²) in [6.45, 7) is 5.49. The molecule has 0 aliphatic carbocycles. The van der Waals surface area contributed by atoms with Crippen LogP contribution in [0.4, 0.5) is 0 Å². The third-order valence-electron chi connectivity index (χ3n) is 2.89. The molecule has 0 spiro atoms. The predicted molar refractivity (Wildman–Crippen MR) is 71.6 cm³/mol. The highest BCUT2D eigenvalue weighted by atomic mass is 32.2. The van der Waals surface area contributed by atoms with Crippen molar-refractivity contribution < 1.29 is 8.42 Å². The summed E-state index contributed by atoms with van der Waals surface area (Å²) in [5.41, 5.74) is 0.941. The number of tetrazole rings is 1. The number of aromatic nitrogens is 5. The van der Waals surface area contributed by atoms with Crippen LogP contribution in [-0.2, 0) is 21.1 Å². The van der Waals surface area contributed by atoms with Crippen molar-refractivity contribution in [2.24, 2.45) is 0 Å². The Morgan fingerprint density at radius 2 is 2.11 bits per heavy atom. The minimum absolute atomic E-state index is 0.205. The van der Waals surface area contributed by atoms with Gasteiger partial charge in [0.25, 0.3) is 0 Å². The van der Waals surface area contributed by atoms with Gasteiger partial charge in [0.1, 0.15) is 4.75 Å². The average Bonchev–Trinajstić information content (AvgIpc) is 2.87. The molecule has 19 heavy (non-hydrogen) atoms. The first-order valence-electron chi connectivity index (χ1n) is 5.60. The Morgan fingerprint density at radius 3 is 2.63 bits per heavy atom. The minimum atomic E-state index is -3.30. The molecule has 0 fully saturated rings. The number of aryl methyl sites for hydroxylation is 1. The fourth-order valence-electron chi connectivity index (χ4n) is 1.35. The van der Waals surface area contributed by atoms with Crippen LogP contribution in [0, 0.1) is 6.92 Å². The fourth-order valence-corrected chi connectivity index (χ4v) is 2.47. The molecule has 0 bridgehead atoms. The fraction of sp³-hybridized carbons (Fsp3) is 0.600. The lowest BCUT2D eigenvalue weighted by Gasteiger charge is -2.17. The smallest absolute Gasteiger partial charge is 0.195 e. The van der Waals surface area contributed by atoms with Crippen LogP contribution >= 0.6 is 11.5 Å². The Hall–Kier alpha value is -1.35. The summed E-state index contributed by atoms with van der Waals surface area (Å²) < 4.78 is 26.4. The first kappa shape index (κ1) is 14.1. The van der Waals surface area contributed by atoms with Crippen molar-refractivity contribution in [2.75, 3.05) is 6.26 Å². The van der Waals surface area contributed by atoms with Crippen molar-refractivity contribution in [3.8, 4) is 0 Å². The number of rotatable bonds is 4. The molecule has 104 valence electrons. The van der Waals surface area contributed by atoms with Gasteiger partial charge in [-0.15, -0.1) is 10.2 Å². The van der Waals surface area contributed by atoms with E-state index in [2.05, 4.69) is 19.8 Å². The summed E-state index contributed by atoms with van der Waals surface area (Å²) in [4.78, 5) is 2.38. The molecule has 0 amide bonds. The van der Waals surface area contributed by atoms with E-state index in [0.717, 1.165) is 10.6 Å². The molecule has 0 saturated carbocycles. The first-order valence-corrected chi connectivity index (χ1v) is 8.27. The van der Waals surface area contributed by atoms with E-state index < -0.39 is 14.6 Å². The van der Waals surface area contributed by atoms with Gasteiger partial charge >= 0.3 is 0 Å². The maximum absolute atomic E-state index is 11.7. The van der Waals surface area contributed by atoms with Crippen LogP contribution in [0.5, 0.6) is 0 Å². The summed E-state index contributed by atoms with van der Waals surface area (Å²) in [7, 11) is -3.30. The monoisotopic (exact) mass is 301 g/mol. The molecule has 0 aliphatic rings. The molecule has 9 heteroatoms. The molecule has 2 aromatic rings. The first-order chi connectivity index (χ1) is 8.70. The van der Waals surface area contributed by atoms with Crippen LogP contribution in [-0.4, -0.2) is 39.3 Å². The molecule has 2 rings (SSSR count). The highest BCUT2D eigenvalue weighted by Crippen LogP contribution is 2.25. The van der Waals surface area contributed by atoms with Crippen molar-refractivity contribution in [3.63, 3.8) is 0 Å². The summed E-state index contributed by atoms with van der Waals surface area (Å²) in [5.74, 6) is 0.205. The van der Waals surface area contributed by atoms with Gasteiger partial charge in [0.05, 0.1) is 12.2 Å². The molecule has 0 unspecified atom stereocenters. The largest absolute Gasteiger partial charge is 0.228 e. The lowest BCUT2D eigenvalue weighted by molar-refractivity contribution is 0.542. The maximum atomic E-state index is 11.7. The zero-order chi connectivity index (χ0) is 14.3. The maximum Gasteiger partial charge on any atom is 0.195 e. The molecule has 0 radical (unpaired) electrons. The molecule has 7 nitrogen and oxygen atoms in total. The highest BCUT2D eigenvalue weighted by molar-refractivity contribution is 7.91. The summed E-state index contributed by atoms with van der Waals surface area (Å²) in [5, 5.41) is 11.9. The quantitative estimate of drug-likeness (QED) is 0.828. The number of sulfone groups is 1. The van der Waals surface area contributed by atoms with Crippen molar-refractivity contribution in [3.05, 3.63) is 22.5 Å². The molecule has 0 aromatic carbocycles. The van der Waals surface area contributed by atoms with E-state index in [1.54, 1.807) is 13.8 Å². The van der Waals surface area contributed by atoms with Crippen LogP contribution in [0.15, 0.2) is 6.07 Å². The van der Waals surface area contributed by atoms with Gasteiger partial charge in [-0.1, -0.05) is 0 Å². The van der Waals surface area contributed by atoms with Gasteiger partial charge < -0.3 is 0 Å². The predicted octanol–water partition coefficient (Wildman–Crippen LogP) is 0.766. The van der Waals surface area contributed by atoms with E-state index in [1.807, 2.05) is 13.0 Å². The van der Waals surface area contributed by atoms with Gasteiger partial charge in [-0.2, -0.15) is 9.17 Å². The van der Waals surface area contributed by atoms with Crippen LogP contribution in [0.2, 0.25) is 0 Å². The van der Waals surface area contributed by atoms with E-state index in [9.17, 15) is 8.42 Å². The second-order valence-corrected chi connectivity index (χ2v) is 8.32. The molecular formula is C10H15N5O2S2. The Kier molecular flexibility index (Phi) is 3.43. The van der Waals surface area contributed by atoms with Gasteiger partial charge in [-0.05, 0) is 43.6 Å². The van der Waals surface area contributed by atoms with Crippen LogP contribution in [0.1, 0.15) is 30.2 Å². The van der Waals surface area contributed by atoms with Gasteiger partial charge in [-0.25, -0.2) is 8.42 Å². The van der Waals surface area contributed by atoms with Crippen molar-refractivity contribution in [1.29, 1.82) is 0 Å². The molecule has 0 saturated heterocycles. The van der Waals surface area contributed by atoms with Crippen molar-refractivity contribution >= 4 is 21.4 Å². The van der Waals surface area contributed by atoms with E-state index >= 15 is 0 Å². The van der Waals surface area contributed by atoms with Gasteiger partial charge in [0.15, 0.2) is 15.7 Å². The van der Waals surface area contributed by atoms with Crippen LogP contribution in [0.3, 0.4) is 0 Å². The lowest BCUT2D eigenvalue weighted by Crippen LogP contribution is -2.29. The van der Waals surface area contributed by atoms with E-state index in [0.29, 0.717) is 6.54 Å². The summed E-state index contributed by atoms with van der Waals surface area (Å²) in [6.07, 6.45) is 1.17. The lowest BCUT2D eigenvalue weighted by atomic mass is 10.2. The summed E-state index contributed by atoms with van der Waals surface area (Å²) >= 11 is 1.37. The SMILES string of the molecule is Cc1cc(Cn2nnc(C(C)(C)S(C)(=O)=O)n2)sn1. The van der Waals surface area contributed by atoms with Crippen LogP contribution < -0.4 is 0 Å². The Bertz CT molecular complexity index is 686. The van der Waals surface area contributed by atoms with E-state index in [4.69, 9.17) is 0 Å². The second kappa shape index (κ2) is 4.64.